The number of hydrogen-bond acceptors (Lipinski definition) is 4. The lowest BCUT2D eigenvalue weighted by molar-refractivity contribution is -0.118. The number of carbonyl (C=O) groups is 1. The number of halogens is 1. The Labute approximate surface area is 202 Å². The van der Waals surface area contributed by atoms with E-state index in [4.69, 9.17) is 4.99 Å². The third kappa shape index (κ3) is 7.37. The third-order valence-corrected chi connectivity index (χ3v) is 5.04. The molecule has 1 aliphatic heterocycles. The molecule has 1 aromatic carbocycles. The Morgan fingerprint density at radius 3 is 2.39 bits per heavy atom. The van der Waals surface area contributed by atoms with Crippen molar-refractivity contribution in [3.05, 3.63) is 54.2 Å². The lowest BCUT2D eigenvalue weighted by atomic mass is 10.1. The number of pyridine rings is 1. The first-order valence-corrected chi connectivity index (χ1v) is 10.7. The lowest BCUT2D eigenvalue weighted by Crippen LogP contribution is -2.52. The number of anilines is 2. The Morgan fingerprint density at radius 1 is 1.10 bits per heavy atom. The predicted molar refractivity (Wildman–Crippen MR) is 138 cm³/mol. The molecule has 168 valence electrons. The first-order chi connectivity index (χ1) is 14.6. The Hall–Kier alpha value is -2.36. The minimum Gasteiger partial charge on any atom is -0.357 e. The van der Waals surface area contributed by atoms with Gasteiger partial charge in [0.15, 0.2) is 5.96 Å². The second kappa shape index (κ2) is 12.5. The van der Waals surface area contributed by atoms with Crippen molar-refractivity contribution in [3.63, 3.8) is 0 Å². The summed E-state index contributed by atoms with van der Waals surface area (Å²) < 4.78 is 0. The predicted octanol–water partition coefficient (Wildman–Crippen LogP) is 3.58. The highest BCUT2D eigenvalue weighted by atomic mass is 127. The van der Waals surface area contributed by atoms with Crippen LogP contribution in [0, 0.1) is 5.92 Å². The molecule has 3 rings (SSSR count). The fourth-order valence-corrected chi connectivity index (χ4v) is 3.26. The van der Waals surface area contributed by atoms with Crippen LogP contribution in [-0.4, -0.2) is 54.5 Å². The number of rotatable bonds is 6. The van der Waals surface area contributed by atoms with Crippen molar-refractivity contribution in [2.45, 2.75) is 27.3 Å². The maximum absolute atomic E-state index is 11.8. The number of amides is 1. The summed E-state index contributed by atoms with van der Waals surface area (Å²) in [6.45, 7) is 10.9. The average molecular weight is 536 g/mol. The summed E-state index contributed by atoms with van der Waals surface area (Å²) in [5, 5.41) is 6.33. The molecule has 1 aromatic heterocycles. The van der Waals surface area contributed by atoms with Gasteiger partial charge in [0.05, 0.1) is 6.54 Å². The number of nitrogens with one attached hydrogen (secondary N) is 2. The molecule has 1 aliphatic rings. The van der Waals surface area contributed by atoms with Crippen LogP contribution < -0.4 is 15.5 Å². The van der Waals surface area contributed by atoms with Crippen molar-refractivity contribution in [2.75, 3.05) is 42.9 Å². The van der Waals surface area contributed by atoms with Gasteiger partial charge in [0.1, 0.15) is 5.82 Å². The van der Waals surface area contributed by atoms with Crippen LogP contribution in [0.25, 0.3) is 0 Å². The van der Waals surface area contributed by atoms with E-state index in [1.807, 2.05) is 56.4 Å². The summed E-state index contributed by atoms with van der Waals surface area (Å²) >= 11 is 0. The van der Waals surface area contributed by atoms with Gasteiger partial charge in [-0.1, -0.05) is 32.0 Å². The van der Waals surface area contributed by atoms with Gasteiger partial charge in [-0.3, -0.25) is 4.79 Å². The molecule has 31 heavy (non-hydrogen) atoms. The minimum atomic E-state index is -0.0323. The van der Waals surface area contributed by atoms with Crippen molar-refractivity contribution in [3.8, 4) is 0 Å². The molecule has 7 nitrogen and oxygen atoms in total. The van der Waals surface area contributed by atoms with Gasteiger partial charge in [0.2, 0.25) is 5.91 Å². The number of benzene rings is 1. The summed E-state index contributed by atoms with van der Waals surface area (Å²) in [6.07, 6.45) is 1.84. The fourth-order valence-electron chi connectivity index (χ4n) is 3.26. The van der Waals surface area contributed by atoms with Crippen molar-refractivity contribution >= 4 is 47.3 Å². The van der Waals surface area contributed by atoms with Gasteiger partial charge in [0.25, 0.3) is 0 Å². The second-order valence-electron chi connectivity index (χ2n) is 7.67. The molecular formula is C23H33IN6O. The molecule has 2 aromatic rings. The first-order valence-electron chi connectivity index (χ1n) is 10.7. The topological polar surface area (TPSA) is 72.9 Å². The first kappa shape index (κ1) is 24.9. The Morgan fingerprint density at radius 2 is 1.81 bits per heavy atom. The van der Waals surface area contributed by atoms with E-state index < -0.39 is 0 Å². The van der Waals surface area contributed by atoms with Gasteiger partial charge in [-0.05, 0) is 36.8 Å². The Kier molecular flexibility index (Phi) is 10.0. The zero-order chi connectivity index (χ0) is 21.3. The van der Waals surface area contributed by atoms with Crippen molar-refractivity contribution < 1.29 is 4.79 Å². The number of carbonyl (C=O) groups excluding carboxylic acids is 1. The molecule has 0 aliphatic carbocycles. The smallest absolute Gasteiger partial charge is 0.226 e. The van der Waals surface area contributed by atoms with Crippen molar-refractivity contribution in [1.82, 2.24) is 15.2 Å². The van der Waals surface area contributed by atoms with Crippen LogP contribution in [-0.2, 0) is 11.3 Å². The molecule has 1 saturated heterocycles. The average Bonchev–Trinajstić information content (AvgIpc) is 2.78. The van der Waals surface area contributed by atoms with Crippen LogP contribution in [0.2, 0.25) is 0 Å². The molecule has 2 N–H and O–H groups in total. The normalized spacial score (nSPS) is 14.3. The van der Waals surface area contributed by atoms with Gasteiger partial charge in [-0.2, -0.15) is 0 Å². The maximum Gasteiger partial charge on any atom is 0.226 e. The van der Waals surface area contributed by atoms with E-state index in [0.29, 0.717) is 6.54 Å². The van der Waals surface area contributed by atoms with Crippen LogP contribution in [0.5, 0.6) is 0 Å². The lowest BCUT2D eigenvalue weighted by Gasteiger charge is -2.37. The Balaban J connectivity index is 0.00000341. The van der Waals surface area contributed by atoms with Gasteiger partial charge < -0.3 is 20.4 Å². The van der Waals surface area contributed by atoms with E-state index in [0.717, 1.165) is 55.8 Å². The van der Waals surface area contributed by atoms with Crippen LogP contribution in [0.15, 0.2) is 53.7 Å². The molecule has 0 bridgehead atoms. The molecule has 0 atom stereocenters. The number of guanidine groups is 1. The molecule has 2 heterocycles. The zero-order valence-corrected chi connectivity index (χ0v) is 20.9. The summed E-state index contributed by atoms with van der Waals surface area (Å²) in [5.74, 6) is 1.97. The van der Waals surface area contributed by atoms with E-state index in [-0.39, 0.29) is 35.8 Å². The second-order valence-corrected chi connectivity index (χ2v) is 7.67. The summed E-state index contributed by atoms with van der Waals surface area (Å²) in [7, 11) is 0. The summed E-state index contributed by atoms with van der Waals surface area (Å²) in [4.78, 5) is 25.7. The largest absolute Gasteiger partial charge is 0.357 e. The van der Waals surface area contributed by atoms with E-state index in [1.165, 1.54) is 0 Å². The third-order valence-electron chi connectivity index (χ3n) is 5.04. The zero-order valence-electron chi connectivity index (χ0n) is 18.5. The highest BCUT2D eigenvalue weighted by Gasteiger charge is 2.20. The molecule has 0 unspecified atom stereocenters. The summed E-state index contributed by atoms with van der Waals surface area (Å²) in [5.41, 5.74) is 1.93. The van der Waals surface area contributed by atoms with Gasteiger partial charge in [-0.15, -0.1) is 24.0 Å². The maximum atomic E-state index is 11.8. The molecule has 1 amide bonds. The van der Waals surface area contributed by atoms with Crippen molar-refractivity contribution in [1.29, 1.82) is 0 Å². The highest BCUT2D eigenvalue weighted by Crippen LogP contribution is 2.14. The van der Waals surface area contributed by atoms with Gasteiger partial charge in [-0.25, -0.2) is 9.98 Å². The molecule has 0 radical (unpaired) electrons. The van der Waals surface area contributed by atoms with Gasteiger partial charge >= 0.3 is 0 Å². The number of hydrogen-bond donors (Lipinski definition) is 2. The Bertz CT molecular complexity index is 833. The molecule has 8 heteroatoms. The highest BCUT2D eigenvalue weighted by molar-refractivity contribution is 14.0. The van der Waals surface area contributed by atoms with E-state index in [2.05, 4.69) is 38.4 Å². The van der Waals surface area contributed by atoms with E-state index in [9.17, 15) is 4.79 Å². The molecule has 0 saturated carbocycles. The van der Waals surface area contributed by atoms with E-state index in [1.54, 1.807) is 0 Å². The monoisotopic (exact) mass is 536 g/mol. The molecular weight excluding hydrogens is 503 g/mol. The summed E-state index contributed by atoms with van der Waals surface area (Å²) in [6, 6.07) is 13.9. The molecule has 1 fully saturated rings. The number of aliphatic imine (C=N–C) groups is 1. The molecule has 0 spiro atoms. The van der Waals surface area contributed by atoms with E-state index >= 15 is 0 Å². The van der Waals surface area contributed by atoms with Crippen LogP contribution >= 0.6 is 24.0 Å². The quantitative estimate of drug-likeness (QED) is 0.336. The van der Waals surface area contributed by atoms with Crippen LogP contribution in [0.3, 0.4) is 0 Å². The van der Waals surface area contributed by atoms with Crippen molar-refractivity contribution in [2.24, 2.45) is 10.9 Å². The minimum absolute atomic E-state index is 0. The number of piperazine rings is 1. The van der Waals surface area contributed by atoms with Crippen LogP contribution in [0.4, 0.5) is 11.5 Å². The standard InChI is InChI=1S/C23H32N6O.HI/c1-4-24-23(29-15-13-28(14-16-29)21-7-5-6-12-25-21)26-17-19-8-10-20(11-9-19)27-22(30)18(2)3;/h5-12,18H,4,13-17H2,1-3H3,(H,24,26)(H,27,30);1H. The van der Waals surface area contributed by atoms with Crippen LogP contribution in [0.1, 0.15) is 26.3 Å². The SMILES string of the molecule is CCNC(=NCc1ccc(NC(=O)C(C)C)cc1)N1CCN(c2ccccn2)CC1.I. The fraction of sp³-hybridized carbons (Fsp3) is 0.435. The number of aromatic nitrogens is 1. The van der Waals surface area contributed by atoms with Gasteiger partial charge in [0, 0.05) is 50.5 Å². The number of nitrogens with zero attached hydrogens (tertiary/aromatic N) is 4.